The van der Waals surface area contributed by atoms with Crippen LogP contribution in [-0.4, -0.2) is 42.2 Å². The molecular weight excluding hydrogens is 408 g/mol. The lowest BCUT2D eigenvalue weighted by Gasteiger charge is -2.60. The minimum absolute atomic E-state index is 0.0683. The second-order valence-corrected chi connectivity index (χ2v) is 9.31. The van der Waals surface area contributed by atoms with Gasteiger partial charge in [0.05, 0.1) is 31.5 Å². The van der Waals surface area contributed by atoms with E-state index in [1.54, 1.807) is 6.07 Å². The Kier molecular flexibility index (Phi) is 5.10. The molecule has 2 heterocycles. The Labute approximate surface area is 179 Å². The van der Waals surface area contributed by atoms with E-state index in [-0.39, 0.29) is 6.42 Å². The van der Waals surface area contributed by atoms with Crippen molar-refractivity contribution < 1.29 is 42.9 Å². The summed E-state index contributed by atoms with van der Waals surface area (Å²) in [6.45, 7) is 3.73. The quantitative estimate of drug-likeness (QED) is 0.563. The van der Waals surface area contributed by atoms with E-state index in [1.165, 1.54) is 19.6 Å². The second-order valence-electron chi connectivity index (χ2n) is 9.31. The topological polar surface area (TPSA) is 129 Å². The number of Topliss-reactive ketones (excluding diaryl/α,β-unsaturated/α-hetero) is 1. The number of methoxy groups -OCH3 is 1. The molecule has 9 heteroatoms. The van der Waals surface area contributed by atoms with Gasteiger partial charge >= 0.3 is 18.1 Å². The van der Waals surface area contributed by atoms with Crippen molar-refractivity contribution in [3.63, 3.8) is 0 Å². The van der Waals surface area contributed by atoms with Gasteiger partial charge in [-0.1, -0.05) is 13.8 Å². The van der Waals surface area contributed by atoms with Crippen LogP contribution >= 0.6 is 0 Å². The predicted molar refractivity (Wildman–Crippen MR) is 103 cm³/mol. The minimum atomic E-state index is -1.58. The number of ketones is 1. The highest BCUT2D eigenvalue weighted by atomic mass is 16.7. The van der Waals surface area contributed by atoms with Gasteiger partial charge in [0.25, 0.3) is 0 Å². The molecule has 3 fully saturated rings. The molecule has 0 aromatic carbocycles. The van der Waals surface area contributed by atoms with Crippen LogP contribution in [-0.2, 0) is 28.6 Å². The van der Waals surface area contributed by atoms with Gasteiger partial charge < -0.3 is 23.7 Å². The molecule has 2 saturated carbocycles. The van der Waals surface area contributed by atoms with E-state index in [1.807, 2.05) is 13.8 Å². The standard InChI is InChI=1S/C22H26O9/c1-21-6-4-12-19(25)30-15(11-5-7-29-10-11)9-22(12,2)17(21)16(23)14(31-20(26)27)8-13(21)18(24)28-3/h5,7,10,12-15,17H,4,6,8-9H2,1-3H3,(H,26,27)/t12-,13-,14-,15-,17-,21-,22-/m0/s1. The highest BCUT2D eigenvalue weighted by Crippen LogP contribution is 2.65. The lowest BCUT2D eigenvalue weighted by molar-refractivity contribution is -0.208. The summed E-state index contributed by atoms with van der Waals surface area (Å²) in [6, 6.07) is 1.71. The number of cyclic esters (lactones) is 1. The van der Waals surface area contributed by atoms with Crippen LogP contribution in [0.4, 0.5) is 4.79 Å². The third-order valence-electron chi connectivity index (χ3n) is 7.75. The predicted octanol–water partition coefficient (Wildman–Crippen LogP) is 3.13. The zero-order chi connectivity index (χ0) is 22.6. The number of hydrogen-bond acceptors (Lipinski definition) is 8. The Morgan fingerprint density at radius 1 is 1.23 bits per heavy atom. The third-order valence-corrected chi connectivity index (χ3v) is 7.75. The van der Waals surface area contributed by atoms with Crippen LogP contribution in [0.25, 0.3) is 0 Å². The van der Waals surface area contributed by atoms with Crippen molar-refractivity contribution in [3.8, 4) is 0 Å². The van der Waals surface area contributed by atoms with Crippen LogP contribution in [0.3, 0.4) is 0 Å². The van der Waals surface area contributed by atoms with E-state index < -0.39 is 64.7 Å². The number of fused-ring (bicyclic) bond motifs is 3. The Bertz CT molecular complexity index is 906. The summed E-state index contributed by atoms with van der Waals surface area (Å²) < 4.78 is 20.7. The average molecular weight is 434 g/mol. The fourth-order valence-corrected chi connectivity index (χ4v) is 6.38. The number of carbonyl (C=O) groups is 4. The van der Waals surface area contributed by atoms with Crippen molar-refractivity contribution in [2.45, 2.75) is 51.7 Å². The molecule has 1 aliphatic heterocycles. The molecule has 0 bridgehead atoms. The molecule has 4 rings (SSSR count). The normalized spacial score (nSPS) is 39.6. The van der Waals surface area contributed by atoms with Crippen molar-refractivity contribution in [2.24, 2.45) is 28.6 Å². The summed E-state index contributed by atoms with van der Waals surface area (Å²) in [5, 5.41) is 9.16. The summed E-state index contributed by atoms with van der Waals surface area (Å²) in [5.41, 5.74) is -0.966. The van der Waals surface area contributed by atoms with Gasteiger partial charge in [0.1, 0.15) is 6.10 Å². The Morgan fingerprint density at radius 2 is 1.97 bits per heavy atom. The highest BCUT2D eigenvalue weighted by Gasteiger charge is 2.67. The molecule has 9 nitrogen and oxygen atoms in total. The van der Waals surface area contributed by atoms with E-state index in [4.69, 9.17) is 23.7 Å². The first-order valence-electron chi connectivity index (χ1n) is 10.4. The third kappa shape index (κ3) is 3.21. The Balaban J connectivity index is 1.80. The summed E-state index contributed by atoms with van der Waals surface area (Å²) >= 11 is 0. The molecule has 31 heavy (non-hydrogen) atoms. The van der Waals surface area contributed by atoms with Crippen LogP contribution in [0.5, 0.6) is 0 Å². The summed E-state index contributed by atoms with van der Waals surface area (Å²) in [4.78, 5) is 50.5. The first-order chi connectivity index (χ1) is 14.6. The van der Waals surface area contributed by atoms with Gasteiger partial charge in [0.2, 0.25) is 0 Å². The molecule has 1 saturated heterocycles. The Morgan fingerprint density at radius 3 is 2.58 bits per heavy atom. The highest BCUT2D eigenvalue weighted by molar-refractivity contribution is 5.92. The maximum Gasteiger partial charge on any atom is 0.506 e. The zero-order valence-electron chi connectivity index (χ0n) is 17.7. The van der Waals surface area contributed by atoms with Crippen molar-refractivity contribution in [1.82, 2.24) is 0 Å². The summed E-state index contributed by atoms with van der Waals surface area (Å²) in [6.07, 6.45) is 0.700. The van der Waals surface area contributed by atoms with Crippen LogP contribution in [0.15, 0.2) is 23.0 Å². The molecule has 7 atom stereocenters. The molecular formula is C22H26O9. The Hall–Kier alpha value is -2.84. The number of rotatable bonds is 3. The second kappa shape index (κ2) is 7.39. The van der Waals surface area contributed by atoms with Gasteiger partial charge in [-0.15, -0.1) is 0 Å². The SMILES string of the molecule is COC(=O)[C@@H]1C[C@H](OC(=O)O)C(=O)[C@H]2[C@@]1(C)CC[C@H]1C(=O)O[C@H](c3ccoc3)C[C@]21C. The molecule has 0 unspecified atom stereocenters. The minimum Gasteiger partial charge on any atom is -0.472 e. The van der Waals surface area contributed by atoms with E-state index in [0.29, 0.717) is 24.8 Å². The summed E-state index contributed by atoms with van der Waals surface area (Å²) in [5.74, 6) is -3.34. The maximum absolute atomic E-state index is 13.6. The fourth-order valence-electron chi connectivity index (χ4n) is 6.38. The molecule has 0 radical (unpaired) electrons. The number of hydrogen-bond donors (Lipinski definition) is 1. The van der Waals surface area contributed by atoms with Gasteiger partial charge in [0.15, 0.2) is 11.9 Å². The molecule has 1 aromatic heterocycles. The molecule has 3 aliphatic rings. The molecule has 0 spiro atoms. The van der Waals surface area contributed by atoms with E-state index in [2.05, 4.69) is 0 Å². The molecule has 1 N–H and O–H groups in total. The van der Waals surface area contributed by atoms with Crippen molar-refractivity contribution in [3.05, 3.63) is 24.2 Å². The molecule has 1 aromatic rings. The van der Waals surface area contributed by atoms with E-state index in [0.717, 1.165) is 0 Å². The number of esters is 2. The van der Waals surface area contributed by atoms with Crippen LogP contribution in [0, 0.1) is 28.6 Å². The van der Waals surface area contributed by atoms with Gasteiger partial charge in [-0.05, 0) is 36.2 Å². The smallest absolute Gasteiger partial charge is 0.472 e. The van der Waals surface area contributed by atoms with Crippen molar-refractivity contribution in [1.29, 1.82) is 0 Å². The summed E-state index contributed by atoms with van der Waals surface area (Å²) in [7, 11) is 1.27. The van der Waals surface area contributed by atoms with E-state index in [9.17, 15) is 19.2 Å². The molecule has 168 valence electrons. The van der Waals surface area contributed by atoms with Gasteiger partial charge in [-0.2, -0.15) is 0 Å². The number of furan rings is 1. The van der Waals surface area contributed by atoms with Gasteiger partial charge in [-0.25, -0.2) is 4.79 Å². The largest absolute Gasteiger partial charge is 0.506 e. The van der Waals surface area contributed by atoms with Gasteiger partial charge in [0, 0.05) is 17.9 Å². The average Bonchev–Trinajstić information content (AvgIpc) is 3.23. The fraction of sp³-hybridized carbons (Fsp3) is 0.636. The molecule has 0 amide bonds. The number of carboxylic acid groups (broad SMARTS) is 1. The van der Waals surface area contributed by atoms with Crippen LogP contribution < -0.4 is 0 Å². The van der Waals surface area contributed by atoms with Crippen LogP contribution in [0.1, 0.15) is 51.2 Å². The molecule has 2 aliphatic carbocycles. The van der Waals surface area contributed by atoms with Gasteiger partial charge in [-0.3, -0.25) is 14.4 Å². The lowest BCUT2D eigenvalue weighted by atomic mass is 9.43. The van der Waals surface area contributed by atoms with Crippen molar-refractivity contribution in [2.75, 3.05) is 7.11 Å². The number of ether oxygens (including phenoxy) is 3. The monoisotopic (exact) mass is 434 g/mol. The zero-order valence-corrected chi connectivity index (χ0v) is 17.7. The van der Waals surface area contributed by atoms with Crippen LogP contribution in [0.2, 0.25) is 0 Å². The van der Waals surface area contributed by atoms with Crippen molar-refractivity contribution >= 4 is 23.9 Å². The maximum atomic E-state index is 13.6. The van der Waals surface area contributed by atoms with E-state index >= 15 is 0 Å². The lowest BCUT2D eigenvalue weighted by Crippen LogP contribution is -2.64. The first-order valence-corrected chi connectivity index (χ1v) is 10.4. The number of carbonyl (C=O) groups excluding carboxylic acids is 3. The first kappa shape index (κ1) is 21.4.